The second-order valence-corrected chi connectivity index (χ2v) is 9.02. The molecule has 1 aliphatic carbocycles. The maximum absolute atomic E-state index is 9.76. The average molecular weight is 413 g/mol. The molecule has 3 aromatic rings. The highest BCUT2D eigenvalue weighted by molar-refractivity contribution is 5.54. The van der Waals surface area contributed by atoms with E-state index in [9.17, 15) is 5.11 Å². The summed E-state index contributed by atoms with van der Waals surface area (Å²) in [6.07, 6.45) is 6.79. The Hall–Kier alpha value is -2.94. The van der Waals surface area contributed by atoms with Crippen LogP contribution in [0.1, 0.15) is 47.4 Å². The Morgan fingerprint density at radius 3 is 2.58 bits per heavy atom. The van der Waals surface area contributed by atoms with Crippen LogP contribution in [0, 0.1) is 0 Å². The first-order valence-corrected chi connectivity index (χ1v) is 11.7. The molecule has 0 spiro atoms. The SMILES string of the molecule is Oc1ccc2c(c1)CCC(c1ccccc1NCCCc1ccc(N3CCC3)cc1)C2. The normalized spacial score (nSPS) is 17.7. The Labute approximate surface area is 185 Å². The van der Waals surface area contributed by atoms with Crippen LogP contribution in [0.4, 0.5) is 11.4 Å². The van der Waals surface area contributed by atoms with Crippen LogP contribution in [-0.4, -0.2) is 24.7 Å². The molecule has 0 bridgehead atoms. The summed E-state index contributed by atoms with van der Waals surface area (Å²) in [6.45, 7) is 3.40. The molecule has 1 heterocycles. The van der Waals surface area contributed by atoms with Gasteiger partial charge in [0.25, 0.3) is 0 Å². The highest BCUT2D eigenvalue weighted by Gasteiger charge is 2.22. The van der Waals surface area contributed by atoms with Crippen molar-refractivity contribution in [2.45, 2.75) is 44.4 Å². The number of nitrogens with zero attached hydrogens (tertiary/aromatic N) is 1. The number of phenolic OH excluding ortho intramolecular Hbond substituents is 1. The van der Waals surface area contributed by atoms with E-state index in [-0.39, 0.29) is 0 Å². The molecular formula is C28H32N2O. The number of nitrogens with one attached hydrogen (secondary N) is 1. The molecule has 0 radical (unpaired) electrons. The van der Waals surface area contributed by atoms with Crippen LogP contribution < -0.4 is 10.2 Å². The highest BCUT2D eigenvalue weighted by atomic mass is 16.3. The molecule has 0 saturated carbocycles. The predicted octanol–water partition coefficient (Wildman–Crippen LogP) is 5.92. The van der Waals surface area contributed by atoms with Gasteiger partial charge in [0.2, 0.25) is 0 Å². The first-order valence-electron chi connectivity index (χ1n) is 11.7. The molecule has 1 fully saturated rings. The van der Waals surface area contributed by atoms with Crippen LogP contribution in [0.3, 0.4) is 0 Å². The summed E-state index contributed by atoms with van der Waals surface area (Å²) in [6, 6.07) is 23.8. The molecule has 5 rings (SSSR count). The fraction of sp³-hybridized carbons (Fsp3) is 0.357. The number of anilines is 2. The van der Waals surface area contributed by atoms with E-state index in [0.717, 1.165) is 38.6 Å². The first-order chi connectivity index (χ1) is 15.3. The van der Waals surface area contributed by atoms with Crippen molar-refractivity contribution in [1.82, 2.24) is 0 Å². The summed E-state index contributed by atoms with van der Waals surface area (Å²) < 4.78 is 0. The van der Waals surface area contributed by atoms with Gasteiger partial charge in [0.1, 0.15) is 5.75 Å². The van der Waals surface area contributed by atoms with Crippen LogP contribution in [0.15, 0.2) is 66.7 Å². The Balaban J connectivity index is 1.17. The monoisotopic (exact) mass is 412 g/mol. The highest BCUT2D eigenvalue weighted by Crippen LogP contribution is 2.37. The van der Waals surface area contributed by atoms with Crippen LogP contribution in [-0.2, 0) is 19.3 Å². The van der Waals surface area contributed by atoms with Crippen molar-refractivity contribution in [3.8, 4) is 5.75 Å². The summed E-state index contributed by atoms with van der Waals surface area (Å²) >= 11 is 0. The molecular weight excluding hydrogens is 380 g/mol. The predicted molar refractivity (Wildman–Crippen MR) is 129 cm³/mol. The molecule has 0 aromatic heterocycles. The second kappa shape index (κ2) is 9.05. The van der Waals surface area contributed by atoms with E-state index in [1.165, 1.54) is 53.1 Å². The van der Waals surface area contributed by atoms with Gasteiger partial charge in [-0.2, -0.15) is 0 Å². The van der Waals surface area contributed by atoms with Crippen molar-refractivity contribution >= 4 is 11.4 Å². The molecule has 3 nitrogen and oxygen atoms in total. The number of fused-ring (bicyclic) bond motifs is 1. The molecule has 160 valence electrons. The summed E-state index contributed by atoms with van der Waals surface area (Å²) in [5.74, 6) is 0.921. The molecule has 0 amide bonds. The molecule has 31 heavy (non-hydrogen) atoms. The van der Waals surface area contributed by atoms with Gasteiger partial charge in [-0.25, -0.2) is 0 Å². The molecule has 1 aliphatic heterocycles. The van der Waals surface area contributed by atoms with Gasteiger partial charge in [0.15, 0.2) is 0 Å². The molecule has 3 aromatic carbocycles. The van der Waals surface area contributed by atoms with Crippen LogP contribution in [0.2, 0.25) is 0 Å². The number of aromatic hydroxyl groups is 1. The minimum absolute atomic E-state index is 0.384. The topological polar surface area (TPSA) is 35.5 Å². The molecule has 1 unspecified atom stereocenters. The number of benzene rings is 3. The van der Waals surface area contributed by atoms with Gasteiger partial charge >= 0.3 is 0 Å². The number of hydrogen-bond acceptors (Lipinski definition) is 3. The van der Waals surface area contributed by atoms with E-state index in [4.69, 9.17) is 0 Å². The fourth-order valence-corrected chi connectivity index (χ4v) is 4.98. The van der Waals surface area contributed by atoms with Gasteiger partial charge in [0.05, 0.1) is 0 Å². The van der Waals surface area contributed by atoms with Gasteiger partial charge in [0, 0.05) is 31.0 Å². The maximum atomic E-state index is 9.76. The lowest BCUT2D eigenvalue weighted by atomic mass is 9.79. The minimum Gasteiger partial charge on any atom is -0.508 e. The van der Waals surface area contributed by atoms with E-state index in [1.807, 2.05) is 12.1 Å². The smallest absolute Gasteiger partial charge is 0.115 e. The maximum Gasteiger partial charge on any atom is 0.115 e. The Kier molecular flexibility index (Phi) is 5.84. The van der Waals surface area contributed by atoms with Gasteiger partial charge < -0.3 is 15.3 Å². The largest absolute Gasteiger partial charge is 0.508 e. The van der Waals surface area contributed by atoms with E-state index < -0.39 is 0 Å². The van der Waals surface area contributed by atoms with E-state index >= 15 is 0 Å². The quantitative estimate of drug-likeness (QED) is 0.473. The third-order valence-electron chi connectivity index (χ3n) is 6.93. The first kappa shape index (κ1) is 20.0. The minimum atomic E-state index is 0.384. The number of hydrogen-bond donors (Lipinski definition) is 2. The van der Waals surface area contributed by atoms with Gasteiger partial charge in [-0.15, -0.1) is 0 Å². The Morgan fingerprint density at radius 2 is 1.77 bits per heavy atom. The van der Waals surface area contributed by atoms with Crippen LogP contribution >= 0.6 is 0 Å². The van der Waals surface area contributed by atoms with Crippen molar-refractivity contribution < 1.29 is 5.11 Å². The average Bonchev–Trinajstić information content (AvgIpc) is 2.76. The van der Waals surface area contributed by atoms with Crippen LogP contribution in [0.25, 0.3) is 0 Å². The summed E-state index contributed by atoms with van der Waals surface area (Å²) in [5.41, 5.74) is 8.19. The lowest BCUT2D eigenvalue weighted by molar-refractivity contribution is 0.472. The van der Waals surface area contributed by atoms with E-state index in [2.05, 4.69) is 64.8 Å². The standard InChI is InChI=1S/C28H32N2O/c31-26-15-12-22-19-24(11-10-23(22)20-26)27-6-1-2-7-28(27)29-16-3-5-21-8-13-25(14-9-21)30-17-4-18-30/h1-2,6-9,12-15,20,24,29,31H,3-5,10-11,16-19H2. The number of rotatable bonds is 7. The zero-order chi connectivity index (χ0) is 21.0. The van der Waals surface area contributed by atoms with Crippen molar-refractivity contribution in [3.05, 3.63) is 89.0 Å². The number of aryl methyl sites for hydroxylation is 2. The van der Waals surface area contributed by atoms with Gasteiger partial charge in [-0.3, -0.25) is 0 Å². The van der Waals surface area contributed by atoms with E-state index in [1.54, 1.807) is 0 Å². The lowest BCUT2D eigenvalue weighted by Gasteiger charge is -2.33. The summed E-state index contributed by atoms with van der Waals surface area (Å²) in [7, 11) is 0. The third-order valence-corrected chi connectivity index (χ3v) is 6.93. The van der Waals surface area contributed by atoms with Gasteiger partial charge in [-0.05, 0) is 97.0 Å². The lowest BCUT2D eigenvalue weighted by Crippen LogP contribution is -2.36. The van der Waals surface area contributed by atoms with Gasteiger partial charge in [-0.1, -0.05) is 36.4 Å². The molecule has 3 heteroatoms. The number of para-hydroxylation sites is 1. The second-order valence-electron chi connectivity index (χ2n) is 9.02. The molecule has 2 N–H and O–H groups in total. The zero-order valence-electron chi connectivity index (χ0n) is 18.2. The van der Waals surface area contributed by atoms with Crippen molar-refractivity contribution in [2.24, 2.45) is 0 Å². The van der Waals surface area contributed by atoms with Crippen LogP contribution in [0.5, 0.6) is 5.75 Å². The van der Waals surface area contributed by atoms with Crippen molar-refractivity contribution in [1.29, 1.82) is 0 Å². The molecule has 1 atom stereocenters. The van der Waals surface area contributed by atoms with E-state index in [0.29, 0.717) is 11.7 Å². The molecule has 1 saturated heterocycles. The zero-order valence-corrected chi connectivity index (χ0v) is 18.2. The molecule has 2 aliphatic rings. The summed E-state index contributed by atoms with van der Waals surface area (Å²) in [4.78, 5) is 2.44. The van der Waals surface area contributed by atoms with Crippen molar-refractivity contribution in [2.75, 3.05) is 29.9 Å². The number of phenols is 1. The van der Waals surface area contributed by atoms with Crippen molar-refractivity contribution in [3.63, 3.8) is 0 Å². The Bertz CT molecular complexity index is 1020. The third kappa shape index (κ3) is 4.56. The summed E-state index contributed by atoms with van der Waals surface area (Å²) in [5, 5.41) is 13.5. The fourth-order valence-electron chi connectivity index (χ4n) is 4.98. The Morgan fingerprint density at radius 1 is 0.935 bits per heavy atom.